The minimum Gasteiger partial charge on any atom is -0.378 e. The average Bonchev–Trinajstić information content (AvgIpc) is 2.45. The highest BCUT2D eigenvalue weighted by molar-refractivity contribution is 5.58. The number of rotatable bonds is 5. The lowest BCUT2D eigenvalue weighted by atomic mass is 10.3. The Balaban J connectivity index is 1.93. The Kier molecular flexibility index (Phi) is 4.92. The Labute approximate surface area is 124 Å². The molecule has 0 amide bonds. The lowest BCUT2D eigenvalue weighted by molar-refractivity contribution is -0.384. The average molecular weight is 294 g/mol. The summed E-state index contributed by atoms with van der Waals surface area (Å²) in [7, 11) is 4.14. The van der Waals surface area contributed by atoms with Crippen LogP contribution in [0.15, 0.2) is 12.1 Å². The molecule has 1 fully saturated rings. The molecule has 116 valence electrons. The van der Waals surface area contributed by atoms with E-state index in [-0.39, 0.29) is 11.5 Å². The molecule has 0 atom stereocenters. The fourth-order valence-corrected chi connectivity index (χ4v) is 2.33. The molecule has 8 heteroatoms. The van der Waals surface area contributed by atoms with E-state index in [9.17, 15) is 10.1 Å². The maximum absolute atomic E-state index is 10.7. The largest absolute Gasteiger partial charge is 0.378 e. The Morgan fingerprint density at radius 1 is 1.33 bits per heavy atom. The van der Waals surface area contributed by atoms with Crippen LogP contribution < -0.4 is 10.6 Å². The zero-order chi connectivity index (χ0) is 15.4. The first kappa shape index (κ1) is 15.5. The van der Waals surface area contributed by atoms with Crippen LogP contribution in [0.1, 0.15) is 0 Å². The summed E-state index contributed by atoms with van der Waals surface area (Å²) in [5.41, 5.74) is 5.51. The standard InChI is InChI=1S/C13H22N6O2/c1-16(2)5-6-17-7-9-18(10-8-17)12-4-3-11(19(20)21)13(14)15-12/h3-4H,5-10H2,1-2H3,(H2,14,15). The molecule has 2 N–H and O–H groups in total. The fraction of sp³-hybridized carbons (Fsp3) is 0.615. The van der Waals surface area contributed by atoms with Crippen LogP contribution in [0, 0.1) is 10.1 Å². The van der Waals surface area contributed by atoms with Gasteiger partial charge in [0.1, 0.15) is 5.82 Å². The van der Waals surface area contributed by atoms with E-state index in [1.807, 2.05) is 0 Å². The summed E-state index contributed by atoms with van der Waals surface area (Å²) in [6.45, 7) is 5.74. The molecule has 0 radical (unpaired) electrons. The summed E-state index contributed by atoms with van der Waals surface area (Å²) >= 11 is 0. The molecule has 1 aromatic heterocycles. The van der Waals surface area contributed by atoms with Crippen LogP contribution in [0.2, 0.25) is 0 Å². The Morgan fingerprint density at radius 3 is 2.52 bits per heavy atom. The van der Waals surface area contributed by atoms with Gasteiger partial charge in [-0.3, -0.25) is 15.0 Å². The minimum atomic E-state index is -0.509. The number of aromatic nitrogens is 1. The molecule has 21 heavy (non-hydrogen) atoms. The van der Waals surface area contributed by atoms with E-state index >= 15 is 0 Å². The van der Waals surface area contributed by atoms with Crippen molar-refractivity contribution >= 4 is 17.3 Å². The second-order valence-electron chi connectivity index (χ2n) is 5.46. The van der Waals surface area contributed by atoms with Crippen LogP contribution in [0.4, 0.5) is 17.3 Å². The maximum Gasteiger partial charge on any atom is 0.311 e. The van der Waals surface area contributed by atoms with E-state index in [1.165, 1.54) is 6.07 Å². The smallest absolute Gasteiger partial charge is 0.311 e. The van der Waals surface area contributed by atoms with Gasteiger partial charge < -0.3 is 15.5 Å². The molecular weight excluding hydrogens is 272 g/mol. The van der Waals surface area contributed by atoms with Crippen molar-refractivity contribution in [3.05, 3.63) is 22.2 Å². The van der Waals surface area contributed by atoms with Gasteiger partial charge in [0.2, 0.25) is 5.82 Å². The summed E-state index contributed by atoms with van der Waals surface area (Å²) in [5.74, 6) is 0.692. The molecule has 0 unspecified atom stereocenters. The van der Waals surface area contributed by atoms with Crippen molar-refractivity contribution in [1.82, 2.24) is 14.8 Å². The van der Waals surface area contributed by atoms with Gasteiger partial charge >= 0.3 is 5.69 Å². The Bertz CT molecular complexity index is 499. The van der Waals surface area contributed by atoms with Gasteiger partial charge in [-0.15, -0.1) is 0 Å². The van der Waals surface area contributed by atoms with E-state index in [1.54, 1.807) is 6.07 Å². The number of nitrogens with two attached hydrogens (primary N) is 1. The van der Waals surface area contributed by atoms with Crippen molar-refractivity contribution in [3.8, 4) is 0 Å². The highest BCUT2D eigenvalue weighted by atomic mass is 16.6. The Morgan fingerprint density at radius 2 is 2.00 bits per heavy atom. The Hall–Kier alpha value is -1.93. The summed E-state index contributed by atoms with van der Waals surface area (Å²) in [5, 5.41) is 10.7. The van der Waals surface area contributed by atoms with E-state index in [2.05, 4.69) is 33.8 Å². The minimum absolute atomic E-state index is 0.0208. The molecule has 2 rings (SSSR count). The number of hydrogen-bond acceptors (Lipinski definition) is 7. The van der Waals surface area contributed by atoms with Crippen LogP contribution >= 0.6 is 0 Å². The van der Waals surface area contributed by atoms with Gasteiger partial charge in [-0.05, 0) is 20.2 Å². The fourth-order valence-electron chi connectivity index (χ4n) is 2.33. The van der Waals surface area contributed by atoms with Crippen molar-refractivity contribution in [2.75, 3.05) is 64.0 Å². The molecule has 0 aliphatic carbocycles. The molecular formula is C13H22N6O2. The van der Waals surface area contributed by atoms with Gasteiger partial charge in [-0.2, -0.15) is 0 Å². The van der Waals surface area contributed by atoms with Crippen LogP contribution in [-0.2, 0) is 0 Å². The number of anilines is 2. The number of piperazine rings is 1. The van der Waals surface area contributed by atoms with Crippen molar-refractivity contribution < 1.29 is 4.92 Å². The monoisotopic (exact) mass is 294 g/mol. The maximum atomic E-state index is 10.7. The number of nitro groups is 1. The van der Waals surface area contributed by atoms with Crippen molar-refractivity contribution in [1.29, 1.82) is 0 Å². The highest BCUT2D eigenvalue weighted by Crippen LogP contribution is 2.23. The van der Waals surface area contributed by atoms with Gasteiger partial charge in [0.15, 0.2) is 0 Å². The normalized spacial score (nSPS) is 16.4. The molecule has 0 bridgehead atoms. The van der Waals surface area contributed by atoms with Crippen molar-refractivity contribution in [3.63, 3.8) is 0 Å². The number of likely N-dealkylation sites (N-methyl/N-ethyl adjacent to an activating group) is 1. The van der Waals surface area contributed by atoms with Crippen LogP contribution in [0.5, 0.6) is 0 Å². The topological polar surface area (TPSA) is 91.8 Å². The summed E-state index contributed by atoms with van der Waals surface area (Å²) in [6, 6.07) is 3.10. The second kappa shape index (κ2) is 6.68. The highest BCUT2D eigenvalue weighted by Gasteiger charge is 2.20. The third kappa shape index (κ3) is 4.02. The number of nitrogens with zero attached hydrogens (tertiary/aromatic N) is 5. The van der Waals surface area contributed by atoms with E-state index in [4.69, 9.17) is 5.73 Å². The van der Waals surface area contributed by atoms with E-state index in [0.717, 1.165) is 39.3 Å². The zero-order valence-electron chi connectivity index (χ0n) is 12.5. The zero-order valence-corrected chi connectivity index (χ0v) is 12.5. The third-order valence-corrected chi connectivity index (χ3v) is 3.64. The number of pyridine rings is 1. The first-order valence-corrected chi connectivity index (χ1v) is 7.00. The van der Waals surface area contributed by atoms with Crippen LogP contribution in [0.3, 0.4) is 0 Å². The first-order chi connectivity index (χ1) is 9.97. The SMILES string of the molecule is CN(C)CCN1CCN(c2ccc([N+](=O)[O-])c(N)n2)CC1. The van der Waals surface area contributed by atoms with Gasteiger partial charge in [-0.25, -0.2) is 4.98 Å². The molecule has 0 saturated carbocycles. The lowest BCUT2D eigenvalue weighted by Crippen LogP contribution is -2.48. The summed E-state index contributed by atoms with van der Waals surface area (Å²) in [6.07, 6.45) is 0. The van der Waals surface area contributed by atoms with Crippen molar-refractivity contribution in [2.24, 2.45) is 0 Å². The number of hydrogen-bond donors (Lipinski definition) is 1. The van der Waals surface area contributed by atoms with Gasteiger partial charge in [0.25, 0.3) is 0 Å². The predicted octanol–water partition coefficient (Wildman–Crippen LogP) is 0.256. The molecule has 8 nitrogen and oxygen atoms in total. The lowest BCUT2D eigenvalue weighted by Gasteiger charge is -2.35. The third-order valence-electron chi connectivity index (χ3n) is 3.64. The summed E-state index contributed by atoms with van der Waals surface area (Å²) < 4.78 is 0. The molecule has 1 aromatic rings. The van der Waals surface area contributed by atoms with Gasteiger partial charge in [-0.1, -0.05) is 0 Å². The molecule has 2 heterocycles. The molecule has 0 spiro atoms. The summed E-state index contributed by atoms with van der Waals surface area (Å²) in [4.78, 5) is 21.1. The van der Waals surface area contributed by atoms with Crippen LogP contribution in [-0.4, -0.2) is 73.1 Å². The quantitative estimate of drug-likeness (QED) is 0.615. The van der Waals surface area contributed by atoms with Crippen LogP contribution in [0.25, 0.3) is 0 Å². The predicted molar refractivity (Wildman–Crippen MR) is 82.5 cm³/mol. The number of nitrogen functional groups attached to an aromatic ring is 1. The van der Waals surface area contributed by atoms with Gasteiger partial charge in [0.05, 0.1) is 4.92 Å². The van der Waals surface area contributed by atoms with E-state index in [0.29, 0.717) is 5.82 Å². The molecule has 1 saturated heterocycles. The first-order valence-electron chi connectivity index (χ1n) is 7.00. The van der Waals surface area contributed by atoms with Gasteiger partial charge in [0, 0.05) is 45.3 Å². The molecule has 1 aliphatic heterocycles. The van der Waals surface area contributed by atoms with Crippen molar-refractivity contribution in [2.45, 2.75) is 0 Å². The second-order valence-corrected chi connectivity index (χ2v) is 5.46. The molecule has 1 aliphatic rings. The molecule has 0 aromatic carbocycles. The van der Waals surface area contributed by atoms with E-state index < -0.39 is 4.92 Å².